The second-order valence-corrected chi connectivity index (χ2v) is 13.1. The molecule has 10 heteroatoms. The van der Waals surface area contributed by atoms with Gasteiger partial charge in [-0.15, -0.1) is 0 Å². The minimum atomic E-state index is -0.754. The van der Waals surface area contributed by atoms with Crippen LogP contribution >= 0.6 is 0 Å². The van der Waals surface area contributed by atoms with Crippen molar-refractivity contribution in [2.45, 2.75) is 44.0 Å². The molecule has 0 spiro atoms. The topological polar surface area (TPSA) is 127 Å². The summed E-state index contributed by atoms with van der Waals surface area (Å²) in [5.74, 6) is -1.97. The predicted molar refractivity (Wildman–Crippen MR) is 192 cm³/mol. The number of nitrogens with one attached hydrogen (secondary N) is 1. The Bertz CT molecular complexity index is 2020. The summed E-state index contributed by atoms with van der Waals surface area (Å²) in [5, 5.41) is 12.6. The van der Waals surface area contributed by atoms with Crippen LogP contribution in [0.4, 0.5) is 0 Å². The van der Waals surface area contributed by atoms with Crippen molar-refractivity contribution in [1.29, 1.82) is 0 Å². The Morgan fingerprint density at radius 1 is 0.788 bits per heavy atom. The normalized spacial score (nSPS) is 19.7. The average Bonchev–Trinajstić information content (AvgIpc) is 3.48. The molecule has 4 atom stereocenters. The van der Waals surface area contributed by atoms with Crippen LogP contribution in [0.5, 0.6) is 0 Å². The number of carbonyl (C=O) groups is 3. The molecule has 1 amide bonds. The summed E-state index contributed by atoms with van der Waals surface area (Å²) in [6, 6.07) is 36.2. The SMILES string of the molecule is CN(CCc1ccccn1)C[C@H]1OC(c2ccc(CNC(=O)c3ccc4c(c3)C(=O)OC4=O)cc2)O[C@@H](c2ccc(CO)cc2)[C@@H]1c1ccccc1. The first-order valence-electron chi connectivity index (χ1n) is 17.3. The zero-order chi connectivity index (χ0) is 36.0. The molecule has 0 saturated carbocycles. The molecule has 2 aliphatic heterocycles. The number of ether oxygens (including phenoxy) is 3. The summed E-state index contributed by atoms with van der Waals surface area (Å²) < 4.78 is 18.3. The lowest BCUT2D eigenvalue weighted by atomic mass is 9.83. The molecule has 1 unspecified atom stereocenters. The van der Waals surface area contributed by atoms with Crippen LogP contribution in [-0.2, 0) is 33.8 Å². The zero-order valence-corrected chi connectivity index (χ0v) is 28.7. The van der Waals surface area contributed by atoms with Gasteiger partial charge in [-0.25, -0.2) is 9.59 Å². The quantitative estimate of drug-likeness (QED) is 0.121. The summed E-state index contributed by atoms with van der Waals surface area (Å²) in [6.45, 7) is 1.65. The van der Waals surface area contributed by atoms with Crippen molar-refractivity contribution >= 4 is 17.8 Å². The maximum Gasteiger partial charge on any atom is 0.346 e. The minimum absolute atomic E-state index is 0.0426. The van der Waals surface area contributed by atoms with Crippen molar-refractivity contribution in [1.82, 2.24) is 15.2 Å². The lowest BCUT2D eigenvalue weighted by molar-refractivity contribution is -0.263. The van der Waals surface area contributed by atoms with Gasteiger partial charge >= 0.3 is 11.9 Å². The van der Waals surface area contributed by atoms with Crippen molar-refractivity contribution in [3.05, 3.63) is 172 Å². The van der Waals surface area contributed by atoms with Gasteiger partial charge in [0.15, 0.2) is 6.29 Å². The van der Waals surface area contributed by atoms with E-state index in [9.17, 15) is 19.5 Å². The Kier molecular flexibility index (Phi) is 10.6. The average molecular weight is 698 g/mol. The number of aliphatic hydroxyl groups is 1. The van der Waals surface area contributed by atoms with Crippen LogP contribution in [0.2, 0.25) is 0 Å². The van der Waals surface area contributed by atoms with Crippen LogP contribution in [0, 0.1) is 0 Å². The number of pyridine rings is 1. The van der Waals surface area contributed by atoms with Gasteiger partial charge in [0.2, 0.25) is 0 Å². The molecule has 1 aromatic heterocycles. The van der Waals surface area contributed by atoms with E-state index in [1.165, 1.54) is 18.2 Å². The molecule has 7 rings (SSSR count). The third kappa shape index (κ3) is 7.85. The molecule has 4 aromatic carbocycles. The molecule has 1 saturated heterocycles. The predicted octanol–water partition coefficient (Wildman–Crippen LogP) is 5.93. The first-order chi connectivity index (χ1) is 25.4. The molecule has 2 aliphatic rings. The third-order valence-electron chi connectivity index (χ3n) is 9.55. The van der Waals surface area contributed by atoms with E-state index in [0.717, 1.165) is 46.5 Å². The van der Waals surface area contributed by atoms with E-state index in [4.69, 9.17) is 9.47 Å². The Morgan fingerprint density at radius 2 is 1.50 bits per heavy atom. The van der Waals surface area contributed by atoms with E-state index in [1.54, 1.807) is 0 Å². The molecule has 5 aromatic rings. The van der Waals surface area contributed by atoms with Gasteiger partial charge in [-0.3, -0.25) is 9.78 Å². The molecule has 0 radical (unpaired) electrons. The van der Waals surface area contributed by atoms with Gasteiger partial charge in [-0.1, -0.05) is 84.9 Å². The first-order valence-corrected chi connectivity index (χ1v) is 17.3. The van der Waals surface area contributed by atoms with E-state index >= 15 is 0 Å². The largest absolute Gasteiger partial charge is 0.392 e. The molecule has 0 aliphatic carbocycles. The third-order valence-corrected chi connectivity index (χ3v) is 9.55. The van der Waals surface area contributed by atoms with Crippen LogP contribution in [0.25, 0.3) is 0 Å². The minimum Gasteiger partial charge on any atom is -0.392 e. The molecule has 1 fully saturated rings. The fraction of sp³-hybridized carbons (Fsp3) is 0.238. The second kappa shape index (κ2) is 15.8. The van der Waals surface area contributed by atoms with Crippen molar-refractivity contribution < 1.29 is 33.7 Å². The maximum atomic E-state index is 12.9. The molecule has 10 nitrogen and oxygen atoms in total. The van der Waals surface area contributed by atoms with Gasteiger partial charge in [0.1, 0.15) is 0 Å². The first kappa shape index (κ1) is 34.9. The number of likely N-dealkylation sites (N-methyl/N-ethyl adjacent to an activating group) is 1. The lowest BCUT2D eigenvalue weighted by Crippen LogP contribution is -2.43. The number of cyclic esters (lactones) is 2. The van der Waals surface area contributed by atoms with Gasteiger partial charge < -0.3 is 29.5 Å². The summed E-state index contributed by atoms with van der Waals surface area (Å²) >= 11 is 0. The maximum absolute atomic E-state index is 12.9. The van der Waals surface area contributed by atoms with Crippen molar-refractivity contribution in [2.75, 3.05) is 20.1 Å². The van der Waals surface area contributed by atoms with Crippen LogP contribution in [0.15, 0.2) is 121 Å². The number of hydrogen-bond acceptors (Lipinski definition) is 9. The Balaban J connectivity index is 1.10. The number of fused-ring (bicyclic) bond motifs is 1. The molecule has 2 N–H and O–H groups in total. The van der Waals surface area contributed by atoms with Crippen molar-refractivity contribution in [3.8, 4) is 0 Å². The Morgan fingerprint density at radius 3 is 2.23 bits per heavy atom. The van der Waals surface area contributed by atoms with Crippen LogP contribution in [0.3, 0.4) is 0 Å². The molecular formula is C42H39N3O7. The second-order valence-electron chi connectivity index (χ2n) is 13.1. The van der Waals surface area contributed by atoms with Gasteiger partial charge in [0.05, 0.1) is 29.9 Å². The number of hydrogen-bond donors (Lipinski definition) is 2. The van der Waals surface area contributed by atoms with Crippen LogP contribution < -0.4 is 5.32 Å². The lowest BCUT2D eigenvalue weighted by Gasteiger charge is -2.44. The van der Waals surface area contributed by atoms with Crippen LogP contribution in [0.1, 0.15) is 82.9 Å². The molecule has 264 valence electrons. The molecular weight excluding hydrogens is 658 g/mol. The number of aromatic nitrogens is 1. The number of benzene rings is 4. The number of amides is 1. The number of carbonyl (C=O) groups excluding carboxylic acids is 3. The number of aliphatic hydroxyl groups excluding tert-OH is 1. The summed E-state index contributed by atoms with van der Waals surface area (Å²) in [7, 11) is 2.10. The number of nitrogens with zero attached hydrogens (tertiary/aromatic N) is 2. The van der Waals surface area contributed by atoms with E-state index in [1.807, 2.05) is 91.1 Å². The van der Waals surface area contributed by atoms with Crippen molar-refractivity contribution in [2.24, 2.45) is 0 Å². The summed E-state index contributed by atoms with van der Waals surface area (Å²) in [4.78, 5) is 43.4. The molecule has 0 bridgehead atoms. The molecule has 52 heavy (non-hydrogen) atoms. The summed E-state index contributed by atoms with van der Waals surface area (Å²) in [5.41, 5.74) is 6.15. The highest BCUT2D eigenvalue weighted by Crippen LogP contribution is 2.47. The standard InChI is InChI=1S/C42H39N3O7/c1-45(22-20-33-9-5-6-21-43-33)25-36-37(29-7-3-2-4-8-29)38(30-14-12-28(26-46)13-15-30)51-42(50-36)31-16-10-27(11-17-31)24-44-39(47)32-18-19-34-35(23-32)41(49)52-40(34)48/h2-19,21,23,36-38,42,46H,20,22,24-26H2,1H3,(H,44,47)/t36-,37-,38+,42?/m1/s1. The smallest absolute Gasteiger partial charge is 0.346 e. The fourth-order valence-electron chi connectivity index (χ4n) is 6.72. The zero-order valence-electron chi connectivity index (χ0n) is 28.7. The molecule has 3 heterocycles. The van der Waals surface area contributed by atoms with Gasteiger partial charge in [-0.05, 0) is 59.6 Å². The Labute approximate surface area is 302 Å². The number of esters is 2. The van der Waals surface area contributed by atoms with E-state index < -0.39 is 18.2 Å². The number of rotatable bonds is 12. The summed E-state index contributed by atoms with van der Waals surface area (Å²) in [6.07, 6.45) is 1.37. The van der Waals surface area contributed by atoms with Crippen LogP contribution in [-0.4, -0.2) is 59.1 Å². The van der Waals surface area contributed by atoms with Gasteiger partial charge in [0.25, 0.3) is 5.91 Å². The van der Waals surface area contributed by atoms with E-state index in [0.29, 0.717) is 6.54 Å². The highest BCUT2D eigenvalue weighted by atomic mass is 16.7. The van der Waals surface area contributed by atoms with Crippen molar-refractivity contribution in [3.63, 3.8) is 0 Å². The Hall–Kier alpha value is -5.52. The van der Waals surface area contributed by atoms with E-state index in [2.05, 4.69) is 39.1 Å². The monoisotopic (exact) mass is 697 g/mol. The van der Waals surface area contributed by atoms with Gasteiger partial charge in [-0.2, -0.15) is 0 Å². The highest BCUT2D eigenvalue weighted by molar-refractivity contribution is 6.15. The van der Waals surface area contributed by atoms with Gasteiger partial charge in [0, 0.05) is 55.0 Å². The van der Waals surface area contributed by atoms with E-state index in [-0.39, 0.29) is 53.9 Å². The highest BCUT2D eigenvalue weighted by Gasteiger charge is 2.42. The fourth-order valence-corrected chi connectivity index (χ4v) is 6.72.